The van der Waals surface area contributed by atoms with Crippen molar-refractivity contribution in [3.63, 3.8) is 0 Å². The lowest BCUT2D eigenvalue weighted by atomic mass is 10.0. The van der Waals surface area contributed by atoms with Crippen LogP contribution in [0.3, 0.4) is 0 Å². The average Bonchev–Trinajstić information content (AvgIpc) is 2.35. The van der Waals surface area contributed by atoms with E-state index >= 15 is 0 Å². The Morgan fingerprint density at radius 2 is 2.11 bits per heavy atom. The van der Waals surface area contributed by atoms with Crippen molar-refractivity contribution in [1.82, 2.24) is 9.71 Å². The van der Waals surface area contributed by atoms with Gasteiger partial charge in [-0.3, -0.25) is 4.98 Å². The van der Waals surface area contributed by atoms with E-state index in [1.54, 1.807) is 0 Å². The second-order valence-corrected chi connectivity index (χ2v) is 6.78. The molecule has 0 aliphatic carbocycles. The van der Waals surface area contributed by atoms with Crippen molar-refractivity contribution in [2.75, 3.05) is 0 Å². The van der Waals surface area contributed by atoms with E-state index in [0.29, 0.717) is 5.69 Å². The summed E-state index contributed by atoms with van der Waals surface area (Å²) in [5.74, 6) is 0.226. The fourth-order valence-electron chi connectivity index (χ4n) is 1.64. The predicted octanol–water partition coefficient (Wildman–Crippen LogP) is 1.43. The lowest BCUT2D eigenvalue weighted by Gasteiger charge is -2.20. The maximum absolute atomic E-state index is 12.2. The Labute approximate surface area is 119 Å². The summed E-state index contributed by atoms with van der Waals surface area (Å²) in [6, 6.07) is 2.87. The van der Waals surface area contributed by atoms with E-state index in [9.17, 15) is 8.42 Å². The van der Waals surface area contributed by atoms with E-state index in [0.717, 1.165) is 6.42 Å². The first-order valence-corrected chi connectivity index (χ1v) is 7.95. The molecule has 0 amide bonds. The Bertz CT molecular complexity index is 539. The molecule has 0 aliphatic heterocycles. The molecule has 1 heterocycles. The predicted molar refractivity (Wildman–Crippen MR) is 79.4 cm³/mol. The van der Waals surface area contributed by atoms with Crippen LogP contribution >= 0.6 is 12.2 Å². The molecule has 1 rings (SSSR count). The molecule has 3 N–H and O–H groups in total. The molecule has 0 bridgehead atoms. The van der Waals surface area contributed by atoms with Gasteiger partial charge in [0.25, 0.3) is 0 Å². The molecule has 0 saturated carbocycles. The molecular weight excluding hydrogens is 282 g/mol. The van der Waals surface area contributed by atoms with Crippen LogP contribution in [0, 0.1) is 5.92 Å². The summed E-state index contributed by atoms with van der Waals surface area (Å²) in [5, 5.41) is 0. The molecule has 106 valence electrons. The fourth-order valence-corrected chi connectivity index (χ4v) is 3.18. The quantitative estimate of drug-likeness (QED) is 0.776. The number of pyridine rings is 1. The molecule has 1 aromatic heterocycles. The van der Waals surface area contributed by atoms with Gasteiger partial charge in [-0.05, 0) is 24.5 Å². The monoisotopic (exact) mass is 301 g/mol. The summed E-state index contributed by atoms with van der Waals surface area (Å²) in [6.45, 7) is 5.90. The summed E-state index contributed by atoms with van der Waals surface area (Å²) in [5.41, 5.74) is 5.83. The highest BCUT2D eigenvalue weighted by Gasteiger charge is 2.21. The number of nitrogens with one attached hydrogen (secondary N) is 1. The Morgan fingerprint density at radius 1 is 1.47 bits per heavy atom. The third-order valence-corrected chi connectivity index (χ3v) is 4.53. The van der Waals surface area contributed by atoms with Crippen molar-refractivity contribution in [3.8, 4) is 0 Å². The molecule has 0 fully saturated rings. The Morgan fingerprint density at radius 3 is 2.47 bits per heavy atom. The standard InChI is InChI=1S/C12H19N3O2S2/c1-4-10(8(2)3)15-19(16,17)9-5-6-11(12(13)18)14-7-9/h5-8,10,15H,4H2,1-3H3,(H2,13,18). The van der Waals surface area contributed by atoms with Gasteiger partial charge in [-0.1, -0.05) is 33.0 Å². The minimum absolute atomic E-state index is 0.0970. The molecule has 0 spiro atoms. The van der Waals surface area contributed by atoms with Gasteiger partial charge in [0.2, 0.25) is 10.0 Å². The van der Waals surface area contributed by atoms with Gasteiger partial charge in [-0.15, -0.1) is 0 Å². The van der Waals surface area contributed by atoms with Crippen molar-refractivity contribution in [3.05, 3.63) is 24.0 Å². The van der Waals surface area contributed by atoms with Crippen LogP contribution in [0.4, 0.5) is 0 Å². The molecule has 0 aromatic carbocycles. The van der Waals surface area contributed by atoms with E-state index in [1.807, 2.05) is 20.8 Å². The minimum atomic E-state index is -3.56. The highest BCUT2D eigenvalue weighted by atomic mass is 32.2. The Kier molecular flexibility index (Phi) is 5.39. The first kappa shape index (κ1) is 16.0. The smallest absolute Gasteiger partial charge is 0.242 e. The van der Waals surface area contributed by atoms with E-state index < -0.39 is 10.0 Å². The van der Waals surface area contributed by atoms with Crippen molar-refractivity contribution in [2.24, 2.45) is 11.7 Å². The molecule has 1 atom stereocenters. The average molecular weight is 301 g/mol. The highest BCUT2D eigenvalue weighted by Crippen LogP contribution is 2.13. The number of rotatable bonds is 6. The van der Waals surface area contributed by atoms with Gasteiger partial charge in [0.1, 0.15) is 9.88 Å². The zero-order valence-electron chi connectivity index (χ0n) is 11.3. The molecule has 1 aromatic rings. The second kappa shape index (κ2) is 6.40. The van der Waals surface area contributed by atoms with Crippen LogP contribution in [0.2, 0.25) is 0 Å². The van der Waals surface area contributed by atoms with Gasteiger partial charge in [0.05, 0.1) is 5.69 Å². The van der Waals surface area contributed by atoms with Gasteiger partial charge in [0.15, 0.2) is 0 Å². The number of nitrogens with zero attached hydrogens (tertiary/aromatic N) is 1. The lowest BCUT2D eigenvalue weighted by molar-refractivity contribution is 0.437. The molecule has 0 saturated heterocycles. The molecule has 19 heavy (non-hydrogen) atoms. The normalized spacial score (nSPS) is 13.5. The van der Waals surface area contributed by atoms with Crippen LogP contribution < -0.4 is 10.5 Å². The van der Waals surface area contributed by atoms with Crippen LogP contribution in [0.15, 0.2) is 23.2 Å². The first-order valence-electron chi connectivity index (χ1n) is 6.06. The maximum atomic E-state index is 12.2. The molecule has 0 radical (unpaired) electrons. The summed E-state index contributed by atoms with van der Waals surface area (Å²) in [4.78, 5) is 4.20. The Hall–Kier alpha value is -1.05. The Balaban J connectivity index is 2.97. The van der Waals surface area contributed by atoms with Crippen LogP contribution in [-0.2, 0) is 10.0 Å². The van der Waals surface area contributed by atoms with Crippen LogP contribution in [0.5, 0.6) is 0 Å². The first-order chi connectivity index (χ1) is 8.77. The fraction of sp³-hybridized carbons (Fsp3) is 0.500. The molecule has 0 aliphatic rings. The zero-order valence-corrected chi connectivity index (χ0v) is 12.9. The third kappa shape index (κ3) is 4.22. The summed E-state index contributed by atoms with van der Waals surface area (Å²) < 4.78 is 27.0. The summed E-state index contributed by atoms with van der Waals surface area (Å²) in [7, 11) is -3.56. The second-order valence-electron chi connectivity index (χ2n) is 4.62. The lowest BCUT2D eigenvalue weighted by Crippen LogP contribution is -2.38. The number of hydrogen-bond acceptors (Lipinski definition) is 4. The third-order valence-electron chi connectivity index (χ3n) is 2.85. The van der Waals surface area contributed by atoms with Crippen LogP contribution in [-0.4, -0.2) is 24.4 Å². The van der Waals surface area contributed by atoms with Crippen LogP contribution in [0.25, 0.3) is 0 Å². The minimum Gasteiger partial charge on any atom is -0.388 e. The largest absolute Gasteiger partial charge is 0.388 e. The summed E-state index contributed by atoms with van der Waals surface area (Å²) >= 11 is 4.77. The van der Waals surface area contributed by atoms with E-state index in [2.05, 4.69) is 9.71 Å². The SMILES string of the molecule is CCC(NS(=O)(=O)c1ccc(C(N)=S)nc1)C(C)C. The summed E-state index contributed by atoms with van der Waals surface area (Å²) in [6.07, 6.45) is 2.00. The van der Waals surface area contributed by atoms with Crippen molar-refractivity contribution in [1.29, 1.82) is 0 Å². The topological polar surface area (TPSA) is 85.1 Å². The molecule has 1 unspecified atom stereocenters. The maximum Gasteiger partial charge on any atom is 0.242 e. The van der Waals surface area contributed by atoms with Gasteiger partial charge >= 0.3 is 0 Å². The molecule has 5 nitrogen and oxygen atoms in total. The van der Waals surface area contributed by atoms with Crippen molar-refractivity contribution >= 4 is 27.2 Å². The highest BCUT2D eigenvalue weighted by molar-refractivity contribution is 7.89. The van der Waals surface area contributed by atoms with Crippen LogP contribution in [0.1, 0.15) is 32.9 Å². The number of nitrogens with two attached hydrogens (primary N) is 1. The van der Waals surface area contributed by atoms with Gasteiger partial charge < -0.3 is 5.73 Å². The van der Waals surface area contributed by atoms with Crippen molar-refractivity contribution in [2.45, 2.75) is 38.1 Å². The number of aromatic nitrogens is 1. The number of hydrogen-bond donors (Lipinski definition) is 2. The van der Waals surface area contributed by atoms with Gasteiger partial charge in [-0.2, -0.15) is 0 Å². The van der Waals surface area contributed by atoms with E-state index in [-0.39, 0.29) is 21.8 Å². The number of thiocarbonyl (C=S) groups is 1. The zero-order chi connectivity index (χ0) is 14.6. The molecule has 7 heteroatoms. The van der Waals surface area contributed by atoms with E-state index in [1.165, 1.54) is 18.3 Å². The van der Waals surface area contributed by atoms with Gasteiger partial charge in [-0.25, -0.2) is 13.1 Å². The van der Waals surface area contributed by atoms with Gasteiger partial charge in [0, 0.05) is 12.2 Å². The van der Waals surface area contributed by atoms with E-state index in [4.69, 9.17) is 18.0 Å². The molecular formula is C12H19N3O2S2. The number of sulfonamides is 1. The van der Waals surface area contributed by atoms with Crippen molar-refractivity contribution < 1.29 is 8.42 Å².